The number of para-hydroxylation sites is 1. The molecule has 0 aliphatic carbocycles. The summed E-state index contributed by atoms with van der Waals surface area (Å²) in [6.07, 6.45) is 0. The summed E-state index contributed by atoms with van der Waals surface area (Å²) in [5.74, 6) is -0.136. The molecule has 0 fully saturated rings. The van der Waals surface area contributed by atoms with Gasteiger partial charge in [0.25, 0.3) is 5.89 Å². The zero-order valence-electron chi connectivity index (χ0n) is 7.39. The lowest BCUT2D eigenvalue weighted by Gasteiger charge is -2.02. The van der Waals surface area contributed by atoms with Gasteiger partial charge in [-0.3, -0.25) is 4.52 Å². The normalized spacial score (nSPS) is 10.1. The minimum atomic E-state index is -0.828. The summed E-state index contributed by atoms with van der Waals surface area (Å²) >= 11 is 0. The Bertz CT molecular complexity index is 485. The van der Waals surface area contributed by atoms with Crippen molar-refractivity contribution in [3.8, 4) is 17.2 Å². The minimum absolute atomic E-state index is 0.118. The van der Waals surface area contributed by atoms with Gasteiger partial charge in [-0.1, -0.05) is 12.1 Å². The molecule has 0 bridgehead atoms. The van der Waals surface area contributed by atoms with Crippen molar-refractivity contribution < 1.29 is 13.7 Å². The summed E-state index contributed by atoms with van der Waals surface area (Å²) in [7, 11) is 1.52. The number of nitrogens with zero attached hydrogens (tertiary/aromatic N) is 1. The molecule has 1 heterocycles. The summed E-state index contributed by atoms with van der Waals surface area (Å²) in [6, 6.07) is 7.05. The van der Waals surface area contributed by atoms with Crippen LogP contribution < -0.4 is 10.6 Å². The average molecular weight is 193 g/mol. The van der Waals surface area contributed by atoms with Crippen LogP contribution in [0, 0.1) is 0 Å². The quantitative estimate of drug-likeness (QED) is 0.719. The maximum atomic E-state index is 10.6. The van der Waals surface area contributed by atoms with Crippen molar-refractivity contribution in [1.29, 1.82) is 0 Å². The predicted molar refractivity (Wildman–Crippen MR) is 47.0 cm³/mol. The first-order chi connectivity index (χ1) is 6.81. The van der Waals surface area contributed by atoms with Crippen LogP contribution in [0.2, 0.25) is 0 Å². The number of hydrogen-bond donors (Lipinski definition) is 0. The van der Waals surface area contributed by atoms with E-state index in [9.17, 15) is 4.79 Å². The highest BCUT2D eigenvalue weighted by Gasteiger charge is 2.11. The van der Waals surface area contributed by atoms with E-state index in [1.165, 1.54) is 7.11 Å². The van der Waals surface area contributed by atoms with Gasteiger partial charge in [-0.05, 0) is 17.3 Å². The lowest BCUT2D eigenvalue weighted by molar-refractivity contribution is 0.335. The molecule has 0 aliphatic heterocycles. The van der Waals surface area contributed by atoms with Crippen molar-refractivity contribution >= 4 is 0 Å². The summed E-state index contributed by atoms with van der Waals surface area (Å²) in [5.41, 5.74) is 0.584. The first kappa shape index (κ1) is 8.55. The minimum Gasteiger partial charge on any atom is -0.496 e. The Kier molecular flexibility index (Phi) is 2.06. The van der Waals surface area contributed by atoms with Crippen LogP contribution in [0.4, 0.5) is 0 Å². The van der Waals surface area contributed by atoms with Crippen molar-refractivity contribution in [2.24, 2.45) is 0 Å². The van der Waals surface area contributed by atoms with Gasteiger partial charge in [0.2, 0.25) is 0 Å². The van der Waals surface area contributed by atoms with Gasteiger partial charge < -0.3 is 9.15 Å². The average Bonchev–Trinajstić information content (AvgIpc) is 2.65. The van der Waals surface area contributed by atoms with E-state index in [0.717, 1.165) is 0 Å². The molecule has 2 rings (SSSR count). The summed E-state index contributed by atoms with van der Waals surface area (Å²) in [5, 5.41) is 3.46. The molecule has 2 aromatic rings. The van der Waals surface area contributed by atoms with Crippen LogP contribution in [0.15, 0.2) is 38.0 Å². The molecule has 0 N–H and O–H groups in total. The zero-order valence-corrected chi connectivity index (χ0v) is 7.39. The molecule has 1 aromatic carbocycles. The second-order valence-electron chi connectivity index (χ2n) is 2.54. The topological polar surface area (TPSA) is 65.5 Å². The molecular weight excluding hydrogens is 186 g/mol. The van der Waals surface area contributed by atoms with Crippen molar-refractivity contribution in [2.75, 3.05) is 7.11 Å². The van der Waals surface area contributed by atoms with Gasteiger partial charge in [-0.15, -0.1) is 0 Å². The standard InChI is InChI=1S/C9H7NO4/c1-12-7-5-3-2-4-6(7)8-10-14-9(11)13-8/h2-5H,1H3. The van der Waals surface area contributed by atoms with Gasteiger partial charge in [0.1, 0.15) is 5.75 Å². The third-order valence-corrected chi connectivity index (χ3v) is 1.72. The molecule has 0 aliphatic rings. The first-order valence-corrected chi connectivity index (χ1v) is 3.91. The van der Waals surface area contributed by atoms with E-state index in [1.54, 1.807) is 24.3 Å². The fraction of sp³-hybridized carbons (Fsp3) is 0.111. The maximum absolute atomic E-state index is 10.6. The van der Waals surface area contributed by atoms with Gasteiger partial charge in [-0.2, -0.15) is 0 Å². The zero-order chi connectivity index (χ0) is 9.97. The van der Waals surface area contributed by atoms with Crippen LogP contribution in [-0.4, -0.2) is 12.3 Å². The third-order valence-electron chi connectivity index (χ3n) is 1.72. The van der Waals surface area contributed by atoms with E-state index >= 15 is 0 Å². The molecule has 0 radical (unpaired) electrons. The lowest BCUT2D eigenvalue weighted by Crippen LogP contribution is -1.88. The van der Waals surface area contributed by atoms with Crippen LogP contribution in [0.5, 0.6) is 5.75 Å². The van der Waals surface area contributed by atoms with Crippen LogP contribution >= 0.6 is 0 Å². The number of hydrogen-bond acceptors (Lipinski definition) is 5. The highest BCUT2D eigenvalue weighted by molar-refractivity contribution is 5.61. The maximum Gasteiger partial charge on any atom is 0.542 e. The summed E-state index contributed by atoms with van der Waals surface area (Å²) in [4.78, 5) is 10.6. The molecule has 0 amide bonds. The van der Waals surface area contributed by atoms with E-state index in [2.05, 4.69) is 9.68 Å². The van der Waals surface area contributed by atoms with E-state index in [1.807, 2.05) is 0 Å². The van der Waals surface area contributed by atoms with E-state index < -0.39 is 5.82 Å². The molecule has 0 spiro atoms. The fourth-order valence-electron chi connectivity index (χ4n) is 1.12. The van der Waals surface area contributed by atoms with Crippen molar-refractivity contribution in [3.05, 3.63) is 34.9 Å². The largest absolute Gasteiger partial charge is 0.542 e. The van der Waals surface area contributed by atoms with Crippen LogP contribution in [-0.2, 0) is 0 Å². The van der Waals surface area contributed by atoms with Crippen LogP contribution in [0.3, 0.4) is 0 Å². The summed E-state index contributed by atoms with van der Waals surface area (Å²) < 4.78 is 14.1. The Hall–Kier alpha value is -2.04. The smallest absolute Gasteiger partial charge is 0.496 e. The van der Waals surface area contributed by atoms with Gasteiger partial charge >= 0.3 is 5.82 Å². The predicted octanol–water partition coefficient (Wildman–Crippen LogP) is 1.30. The monoisotopic (exact) mass is 193 g/mol. The first-order valence-electron chi connectivity index (χ1n) is 3.91. The number of benzene rings is 1. The van der Waals surface area contributed by atoms with E-state index in [-0.39, 0.29) is 5.89 Å². The number of aromatic nitrogens is 1. The molecule has 1 aromatic heterocycles. The second kappa shape index (κ2) is 3.37. The van der Waals surface area contributed by atoms with Gasteiger partial charge in [0.15, 0.2) is 0 Å². The van der Waals surface area contributed by atoms with Gasteiger partial charge in [0.05, 0.1) is 12.7 Å². The molecule has 5 heteroatoms. The molecule has 72 valence electrons. The van der Waals surface area contributed by atoms with Crippen molar-refractivity contribution in [3.63, 3.8) is 0 Å². The molecule has 0 atom stereocenters. The molecule has 0 saturated heterocycles. The molecular formula is C9H7NO4. The Balaban J connectivity index is 2.55. The molecule has 14 heavy (non-hydrogen) atoms. The molecule has 0 saturated carbocycles. The Morgan fingerprint density at radius 2 is 2.14 bits per heavy atom. The molecule has 5 nitrogen and oxygen atoms in total. The highest BCUT2D eigenvalue weighted by Crippen LogP contribution is 2.26. The summed E-state index contributed by atoms with van der Waals surface area (Å²) in [6.45, 7) is 0. The second-order valence-corrected chi connectivity index (χ2v) is 2.54. The highest BCUT2D eigenvalue weighted by atomic mass is 16.6. The van der Waals surface area contributed by atoms with Gasteiger partial charge in [0, 0.05) is 0 Å². The lowest BCUT2D eigenvalue weighted by atomic mass is 10.2. The molecule has 0 unspecified atom stereocenters. The van der Waals surface area contributed by atoms with Crippen LogP contribution in [0.25, 0.3) is 11.5 Å². The van der Waals surface area contributed by atoms with E-state index in [4.69, 9.17) is 9.15 Å². The SMILES string of the molecule is COc1ccccc1-c1noc(=O)o1. The Morgan fingerprint density at radius 1 is 1.36 bits per heavy atom. The van der Waals surface area contributed by atoms with Crippen molar-refractivity contribution in [2.45, 2.75) is 0 Å². The Morgan fingerprint density at radius 3 is 2.79 bits per heavy atom. The van der Waals surface area contributed by atoms with E-state index in [0.29, 0.717) is 11.3 Å². The van der Waals surface area contributed by atoms with Gasteiger partial charge in [-0.25, -0.2) is 4.79 Å². The fourth-order valence-corrected chi connectivity index (χ4v) is 1.12. The third kappa shape index (κ3) is 1.39. The van der Waals surface area contributed by atoms with Crippen molar-refractivity contribution in [1.82, 2.24) is 5.16 Å². The number of ether oxygens (including phenoxy) is 1. The van der Waals surface area contributed by atoms with Crippen LogP contribution in [0.1, 0.15) is 0 Å². The number of rotatable bonds is 2. The number of methoxy groups -OCH3 is 1. The Labute approximate surface area is 78.9 Å².